The molecule has 0 bridgehead atoms. The van der Waals surface area contributed by atoms with Crippen LogP contribution < -0.4 is 9.46 Å². The van der Waals surface area contributed by atoms with Crippen LogP contribution in [0, 0.1) is 0 Å². The molecular formula is C25H21ClF6N2O3S2. The molecular weight excluding hydrogens is 590 g/mol. The monoisotopic (exact) mass is 610 g/mol. The van der Waals surface area contributed by atoms with E-state index in [0.29, 0.717) is 29.3 Å². The zero-order valence-corrected chi connectivity index (χ0v) is 22.5. The molecule has 1 N–H and O–H groups in total. The summed E-state index contributed by atoms with van der Waals surface area (Å²) in [7, 11) is -2.50. The number of likely N-dealkylation sites (N-methyl/N-ethyl adjacent to an activating group) is 1. The number of halogens is 7. The maximum atomic E-state index is 13.6. The first kappa shape index (κ1) is 29.4. The summed E-state index contributed by atoms with van der Waals surface area (Å²) in [4.78, 5) is 2.51. The summed E-state index contributed by atoms with van der Waals surface area (Å²) in [6, 6.07) is 11.1. The van der Waals surface area contributed by atoms with E-state index in [1.807, 2.05) is 11.9 Å². The lowest BCUT2D eigenvalue weighted by Crippen LogP contribution is -2.23. The SMILES string of the molecule is CN1CCC(Oc2cc(NS(=O)(=O)c3ccc(Sc4ccc(C(F)(F)F)cc4)cc3Cl)ccc2C(F)(F)F)C1. The largest absolute Gasteiger partial charge is 0.488 e. The number of rotatable bonds is 7. The van der Waals surface area contributed by atoms with Crippen LogP contribution in [0.15, 0.2) is 75.4 Å². The Bertz CT molecular complexity index is 1450. The van der Waals surface area contributed by atoms with Crippen molar-refractivity contribution in [2.75, 3.05) is 24.9 Å². The predicted octanol–water partition coefficient (Wildman–Crippen LogP) is 7.41. The molecule has 0 amide bonds. The lowest BCUT2D eigenvalue weighted by molar-refractivity contribution is -0.139. The number of ether oxygens (including phenoxy) is 1. The minimum Gasteiger partial charge on any atom is -0.488 e. The van der Waals surface area contributed by atoms with Crippen molar-refractivity contribution in [3.8, 4) is 5.75 Å². The molecule has 0 radical (unpaired) electrons. The molecule has 1 atom stereocenters. The van der Waals surface area contributed by atoms with Crippen molar-refractivity contribution < 1.29 is 39.5 Å². The fourth-order valence-electron chi connectivity index (χ4n) is 3.91. The van der Waals surface area contributed by atoms with Crippen molar-refractivity contribution in [1.29, 1.82) is 0 Å². The van der Waals surface area contributed by atoms with Crippen LogP contribution in [-0.4, -0.2) is 39.6 Å². The third kappa shape index (κ3) is 7.33. The number of benzene rings is 3. The molecule has 4 rings (SSSR count). The van der Waals surface area contributed by atoms with Gasteiger partial charge in [-0.2, -0.15) is 26.3 Å². The number of anilines is 1. The standard InChI is InChI=1S/C25H21ClF6N2O3S2/c1-34-11-10-17(14-34)37-22-12-16(4-8-20(22)25(30,31)32)33-39(35,36)23-9-7-19(13-21(23)26)38-18-5-2-15(3-6-18)24(27,28)29/h2-9,12-13,17,33H,10-11,14H2,1H3. The van der Waals surface area contributed by atoms with Gasteiger partial charge in [-0.05, 0) is 68.1 Å². The van der Waals surface area contributed by atoms with Crippen LogP contribution in [0.1, 0.15) is 17.5 Å². The maximum absolute atomic E-state index is 13.6. The third-order valence-corrected chi connectivity index (χ3v) is 8.65. The first-order valence-electron chi connectivity index (χ1n) is 11.4. The minimum absolute atomic E-state index is 0.149. The molecule has 1 fully saturated rings. The quantitative estimate of drug-likeness (QED) is 0.282. The Morgan fingerprint density at radius 2 is 1.62 bits per heavy atom. The van der Waals surface area contributed by atoms with Crippen LogP contribution in [0.2, 0.25) is 5.02 Å². The fraction of sp³-hybridized carbons (Fsp3) is 0.280. The molecule has 39 heavy (non-hydrogen) atoms. The van der Waals surface area contributed by atoms with Gasteiger partial charge in [-0.1, -0.05) is 23.4 Å². The summed E-state index contributed by atoms with van der Waals surface area (Å²) < 4.78 is 113. The van der Waals surface area contributed by atoms with Crippen LogP contribution in [-0.2, 0) is 22.4 Å². The van der Waals surface area contributed by atoms with E-state index in [1.165, 1.54) is 30.3 Å². The van der Waals surface area contributed by atoms with Gasteiger partial charge >= 0.3 is 12.4 Å². The van der Waals surface area contributed by atoms with Gasteiger partial charge in [0, 0.05) is 28.9 Å². The van der Waals surface area contributed by atoms with E-state index in [9.17, 15) is 34.8 Å². The number of alkyl halides is 6. The number of sulfonamides is 1. The Labute approximate surface area is 230 Å². The molecule has 1 saturated heterocycles. The molecule has 1 heterocycles. The molecule has 1 unspecified atom stereocenters. The molecule has 3 aromatic carbocycles. The van der Waals surface area contributed by atoms with E-state index in [2.05, 4.69) is 4.72 Å². The second-order valence-electron chi connectivity index (χ2n) is 8.82. The summed E-state index contributed by atoms with van der Waals surface area (Å²) in [5.74, 6) is -0.489. The van der Waals surface area contributed by atoms with E-state index < -0.39 is 45.4 Å². The van der Waals surface area contributed by atoms with Crippen molar-refractivity contribution >= 4 is 39.1 Å². The highest BCUT2D eigenvalue weighted by atomic mass is 35.5. The second kappa shape index (κ2) is 11.1. The molecule has 210 valence electrons. The third-order valence-electron chi connectivity index (χ3n) is 5.79. The van der Waals surface area contributed by atoms with Gasteiger partial charge in [0.05, 0.1) is 21.8 Å². The van der Waals surface area contributed by atoms with Crippen LogP contribution in [0.5, 0.6) is 5.75 Å². The average molecular weight is 611 g/mol. The smallest absolute Gasteiger partial charge is 0.419 e. The summed E-state index contributed by atoms with van der Waals surface area (Å²) >= 11 is 7.29. The highest BCUT2D eigenvalue weighted by Gasteiger charge is 2.36. The van der Waals surface area contributed by atoms with Gasteiger partial charge in [-0.3, -0.25) is 4.72 Å². The zero-order valence-electron chi connectivity index (χ0n) is 20.1. The normalized spacial score (nSPS) is 16.9. The van der Waals surface area contributed by atoms with Gasteiger partial charge in [0.25, 0.3) is 10.0 Å². The maximum Gasteiger partial charge on any atom is 0.419 e. The molecule has 5 nitrogen and oxygen atoms in total. The van der Waals surface area contributed by atoms with Crippen molar-refractivity contribution in [2.24, 2.45) is 0 Å². The Morgan fingerprint density at radius 3 is 2.18 bits per heavy atom. The van der Waals surface area contributed by atoms with Gasteiger partial charge in [-0.25, -0.2) is 8.42 Å². The predicted molar refractivity (Wildman–Crippen MR) is 136 cm³/mol. The van der Waals surface area contributed by atoms with E-state index in [4.69, 9.17) is 16.3 Å². The van der Waals surface area contributed by atoms with Crippen molar-refractivity contribution in [3.05, 3.63) is 76.8 Å². The Hall–Kier alpha value is -2.61. The number of likely N-dealkylation sites (tertiary alicyclic amines) is 1. The average Bonchev–Trinajstić information content (AvgIpc) is 3.22. The van der Waals surface area contributed by atoms with Crippen molar-refractivity contribution in [3.63, 3.8) is 0 Å². The summed E-state index contributed by atoms with van der Waals surface area (Å²) in [6.07, 6.45) is -9.13. The Kier molecular flexibility index (Phi) is 8.36. The number of nitrogens with one attached hydrogen (secondary N) is 1. The van der Waals surface area contributed by atoms with Gasteiger partial charge in [0.1, 0.15) is 16.7 Å². The van der Waals surface area contributed by atoms with Crippen LogP contribution in [0.25, 0.3) is 0 Å². The summed E-state index contributed by atoms with van der Waals surface area (Å²) in [5, 5.41) is -0.184. The second-order valence-corrected chi connectivity index (χ2v) is 12.0. The first-order chi connectivity index (χ1) is 18.1. The molecule has 0 spiro atoms. The van der Waals surface area contributed by atoms with Crippen LogP contribution >= 0.6 is 23.4 Å². The fourth-order valence-corrected chi connectivity index (χ4v) is 6.43. The molecule has 0 saturated carbocycles. The Balaban J connectivity index is 1.53. The van der Waals surface area contributed by atoms with Crippen molar-refractivity contribution in [2.45, 2.75) is 39.6 Å². The molecule has 0 aromatic heterocycles. The first-order valence-corrected chi connectivity index (χ1v) is 14.0. The molecule has 1 aliphatic rings. The van der Waals surface area contributed by atoms with Crippen LogP contribution in [0.3, 0.4) is 0 Å². The van der Waals surface area contributed by atoms with Gasteiger partial charge < -0.3 is 9.64 Å². The highest BCUT2D eigenvalue weighted by molar-refractivity contribution is 7.99. The molecule has 1 aliphatic heterocycles. The lowest BCUT2D eigenvalue weighted by atomic mass is 10.1. The van der Waals surface area contributed by atoms with E-state index >= 15 is 0 Å². The van der Waals surface area contributed by atoms with Gasteiger partial charge in [0.2, 0.25) is 0 Å². The lowest BCUT2D eigenvalue weighted by Gasteiger charge is -2.19. The van der Waals surface area contributed by atoms with Crippen molar-refractivity contribution in [1.82, 2.24) is 4.90 Å². The number of hydrogen-bond donors (Lipinski definition) is 1. The molecule has 14 heteroatoms. The van der Waals surface area contributed by atoms with E-state index in [1.54, 1.807) is 0 Å². The minimum atomic E-state index is -4.71. The topological polar surface area (TPSA) is 58.6 Å². The molecule has 0 aliphatic carbocycles. The number of hydrogen-bond acceptors (Lipinski definition) is 5. The molecule has 3 aromatic rings. The van der Waals surface area contributed by atoms with Gasteiger partial charge in [-0.15, -0.1) is 0 Å². The van der Waals surface area contributed by atoms with E-state index in [0.717, 1.165) is 42.1 Å². The Morgan fingerprint density at radius 1 is 0.949 bits per heavy atom. The number of nitrogens with zero attached hydrogens (tertiary/aromatic N) is 1. The summed E-state index contributed by atoms with van der Waals surface area (Å²) in [6.45, 7) is 1.09. The van der Waals surface area contributed by atoms with E-state index in [-0.39, 0.29) is 15.6 Å². The van der Waals surface area contributed by atoms with Gasteiger partial charge in [0.15, 0.2) is 0 Å². The highest BCUT2D eigenvalue weighted by Crippen LogP contribution is 2.40. The summed E-state index contributed by atoms with van der Waals surface area (Å²) in [5.41, 5.74) is -1.98. The van der Waals surface area contributed by atoms with Crippen LogP contribution in [0.4, 0.5) is 32.0 Å². The zero-order chi connectivity index (χ0) is 28.6.